The van der Waals surface area contributed by atoms with E-state index in [-0.39, 0.29) is 61.2 Å². The molecule has 10 nitrogen and oxygen atoms in total. The molecule has 4 amide bonds. The average Bonchev–Trinajstić information content (AvgIpc) is 3.38. The smallest absolute Gasteiger partial charge is 0.332 e. The first-order chi connectivity index (χ1) is 22.2. The van der Waals surface area contributed by atoms with Crippen LogP contribution in [0.5, 0.6) is 5.75 Å². The van der Waals surface area contributed by atoms with E-state index in [0.29, 0.717) is 25.1 Å². The zero-order valence-electron chi connectivity index (χ0n) is 25.6. The van der Waals surface area contributed by atoms with Gasteiger partial charge in [-0.15, -0.1) is 0 Å². The van der Waals surface area contributed by atoms with Crippen molar-refractivity contribution in [3.8, 4) is 5.75 Å². The molecule has 4 aromatic rings. The number of nitrogen functional groups attached to an aromatic ring is 1. The lowest BCUT2D eigenvalue weighted by Crippen LogP contribution is -2.66. The minimum absolute atomic E-state index is 0.0561. The van der Waals surface area contributed by atoms with E-state index in [0.717, 1.165) is 21.9 Å². The third-order valence-electron chi connectivity index (χ3n) is 8.67. The van der Waals surface area contributed by atoms with Gasteiger partial charge < -0.3 is 26.0 Å². The number of phenols is 1. The van der Waals surface area contributed by atoms with E-state index in [1.165, 1.54) is 18.2 Å². The van der Waals surface area contributed by atoms with Crippen LogP contribution in [0.15, 0.2) is 84.9 Å². The highest BCUT2D eigenvalue weighted by Gasteiger charge is 2.52. The normalized spacial score (nSPS) is 18.2. The Balaban J connectivity index is 1.32. The number of phenolic OH excluding ortho intramolecular Hbond substituents is 1. The van der Waals surface area contributed by atoms with Crippen molar-refractivity contribution in [2.24, 2.45) is 0 Å². The number of benzene rings is 4. The summed E-state index contributed by atoms with van der Waals surface area (Å²) in [5.74, 6) is -0.872. The van der Waals surface area contributed by atoms with Gasteiger partial charge in [-0.05, 0) is 58.1 Å². The van der Waals surface area contributed by atoms with Crippen LogP contribution in [0.2, 0.25) is 0 Å². The Bertz CT molecular complexity index is 1760. The van der Waals surface area contributed by atoms with Crippen LogP contribution < -0.4 is 11.1 Å². The molecule has 46 heavy (non-hydrogen) atoms. The number of hydrazine groups is 1. The number of hydrogen-bond donors (Lipinski definition) is 3. The van der Waals surface area contributed by atoms with Crippen molar-refractivity contribution in [1.29, 1.82) is 0 Å². The monoisotopic (exact) mass is 624 g/mol. The van der Waals surface area contributed by atoms with Gasteiger partial charge in [0, 0.05) is 26.1 Å². The third-order valence-corrected chi connectivity index (χ3v) is 8.67. The van der Waals surface area contributed by atoms with Crippen molar-refractivity contribution in [3.05, 3.63) is 107 Å². The van der Waals surface area contributed by atoms with Gasteiger partial charge in [0.2, 0.25) is 11.8 Å². The third kappa shape index (κ3) is 6.18. The van der Waals surface area contributed by atoms with E-state index >= 15 is 0 Å². The molecule has 0 aliphatic carbocycles. The molecular weight excluding hydrogens is 587 g/mol. The van der Waals surface area contributed by atoms with E-state index in [9.17, 15) is 23.9 Å². The molecule has 0 radical (unpaired) electrons. The molecule has 2 atom stereocenters. The van der Waals surface area contributed by atoms with E-state index in [1.54, 1.807) is 44.1 Å². The van der Waals surface area contributed by atoms with Crippen LogP contribution in [0.25, 0.3) is 10.8 Å². The van der Waals surface area contributed by atoms with Crippen LogP contribution in [0.1, 0.15) is 30.0 Å². The van der Waals surface area contributed by atoms with E-state index in [1.807, 2.05) is 49.4 Å². The number of nitrogens with two attached hydrogens (primary N) is 1. The van der Waals surface area contributed by atoms with E-state index in [4.69, 9.17) is 5.73 Å². The Hall–Kier alpha value is -5.16. The topological polar surface area (TPSA) is 122 Å². The Morgan fingerprint density at radius 3 is 2.52 bits per heavy atom. The maximum absolute atomic E-state index is 14.2. The minimum atomic E-state index is -0.846. The Morgan fingerprint density at radius 1 is 1.02 bits per heavy atom. The second-order valence-corrected chi connectivity index (χ2v) is 11.8. The first-order valence-corrected chi connectivity index (χ1v) is 15.4. The van der Waals surface area contributed by atoms with Crippen LogP contribution in [-0.4, -0.2) is 74.6 Å². The van der Waals surface area contributed by atoms with Gasteiger partial charge in [-0.3, -0.25) is 14.6 Å². The molecule has 4 N–H and O–H groups in total. The van der Waals surface area contributed by atoms with Crippen molar-refractivity contribution in [3.63, 3.8) is 0 Å². The van der Waals surface area contributed by atoms with Crippen LogP contribution in [0, 0.1) is 5.82 Å². The first-order valence-electron chi connectivity index (χ1n) is 15.4. The highest BCUT2D eigenvalue weighted by Crippen LogP contribution is 2.32. The highest BCUT2D eigenvalue weighted by atomic mass is 19.1. The van der Waals surface area contributed by atoms with Gasteiger partial charge >= 0.3 is 6.03 Å². The number of carbonyl (C=O) groups is 3. The average molecular weight is 625 g/mol. The van der Waals surface area contributed by atoms with Gasteiger partial charge in [-0.25, -0.2) is 9.18 Å². The summed E-state index contributed by atoms with van der Waals surface area (Å²) in [5.41, 5.74) is 8.58. The molecule has 0 saturated carbocycles. The van der Waals surface area contributed by atoms with Gasteiger partial charge in [0.05, 0.1) is 18.8 Å². The molecule has 0 bridgehead atoms. The number of nitrogens with one attached hydrogen (secondary N) is 1. The number of hydrogen-bond acceptors (Lipinski definition) is 6. The van der Waals surface area contributed by atoms with Crippen LogP contribution >= 0.6 is 0 Å². The Morgan fingerprint density at radius 2 is 1.76 bits per heavy atom. The van der Waals surface area contributed by atoms with Crippen molar-refractivity contribution in [2.75, 3.05) is 25.4 Å². The fraction of sp³-hybridized carbons (Fsp3) is 0.286. The molecule has 2 aliphatic rings. The lowest BCUT2D eigenvalue weighted by Gasteiger charge is -2.46. The second-order valence-electron chi connectivity index (χ2n) is 11.8. The number of fused-ring (bicyclic) bond motifs is 2. The fourth-order valence-electron chi connectivity index (χ4n) is 6.41. The molecule has 4 aromatic carbocycles. The molecule has 2 heterocycles. The van der Waals surface area contributed by atoms with Gasteiger partial charge in [0.1, 0.15) is 23.8 Å². The molecule has 0 aromatic heterocycles. The summed E-state index contributed by atoms with van der Waals surface area (Å²) < 4.78 is 13.4. The number of piperazine rings is 1. The summed E-state index contributed by atoms with van der Waals surface area (Å²) in [5, 5.41) is 18.3. The summed E-state index contributed by atoms with van der Waals surface area (Å²) >= 11 is 0. The summed E-state index contributed by atoms with van der Waals surface area (Å²) in [6.45, 7) is 2.94. The molecule has 2 fully saturated rings. The summed E-state index contributed by atoms with van der Waals surface area (Å²) in [6.07, 6.45) is 0.231. The van der Waals surface area contributed by atoms with Gasteiger partial charge in [0.15, 0.2) is 0 Å². The lowest BCUT2D eigenvalue weighted by atomic mass is 9.98. The number of amides is 4. The first kappa shape index (κ1) is 30.8. The molecule has 0 unspecified atom stereocenters. The summed E-state index contributed by atoms with van der Waals surface area (Å²) in [7, 11) is 0. The standard InChI is InChI=1S/C35H37FN6O4/c1-2-16-40(35(46)38-19-23-10-13-27(36)14-11-23)41-22-33(44)42-30(18-24-12-15-31(43)29(37)17-24)34(45)39(21-32(41)42)20-26-8-5-7-25-6-3-4-9-28(25)26/h3-15,17,30,32,43H,2,16,18-22,37H2,1H3,(H,38,46)/t30-,32+/m0/s1. The van der Waals surface area contributed by atoms with E-state index in [2.05, 4.69) is 5.32 Å². The zero-order chi connectivity index (χ0) is 32.4. The maximum Gasteiger partial charge on any atom is 0.332 e. The summed E-state index contributed by atoms with van der Waals surface area (Å²) in [4.78, 5) is 45.0. The number of aromatic hydroxyl groups is 1. The van der Waals surface area contributed by atoms with Gasteiger partial charge in [0.25, 0.3) is 0 Å². The second kappa shape index (κ2) is 13.1. The predicted molar refractivity (Wildman–Crippen MR) is 172 cm³/mol. The van der Waals surface area contributed by atoms with Crippen LogP contribution in [0.3, 0.4) is 0 Å². The molecule has 2 aliphatic heterocycles. The number of urea groups is 1. The fourth-order valence-corrected chi connectivity index (χ4v) is 6.41. The number of halogens is 1. The molecule has 238 valence electrons. The van der Waals surface area contributed by atoms with Gasteiger partial charge in [-0.1, -0.05) is 67.6 Å². The number of anilines is 1. The maximum atomic E-state index is 14.2. The SMILES string of the molecule is CCCN(C(=O)NCc1ccc(F)cc1)N1CC(=O)N2[C@@H](Cc3ccc(O)c(N)c3)C(=O)N(Cc3cccc4ccccc34)C[C@@H]21. The van der Waals surface area contributed by atoms with Crippen molar-refractivity contribution < 1.29 is 23.9 Å². The lowest BCUT2D eigenvalue weighted by molar-refractivity contribution is -0.157. The predicted octanol–water partition coefficient (Wildman–Crippen LogP) is 4.23. The van der Waals surface area contributed by atoms with E-state index < -0.39 is 12.2 Å². The minimum Gasteiger partial charge on any atom is -0.506 e. The van der Waals surface area contributed by atoms with Crippen molar-refractivity contribution in [1.82, 2.24) is 25.1 Å². The van der Waals surface area contributed by atoms with Crippen molar-refractivity contribution in [2.45, 2.75) is 45.1 Å². The molecule has 0 spiro atoms. The van der Waals surface area contributed by atoms with Crippen LogP contribution in [-0.2, 0) is 29.1 Å². The molecule has 11 heteroatoms. The molecule has 2 saturated heterocycles. The quantitative estimate of drug-likeness (QED) is 0.189. The molecular formula is C35H37FN6O4. The zero-order valence-corrected chi connectivity index (χ0v) is 25.6. The number of rotatable bonds is 9. The largest absolute Gasteiger partial charge is 0.506 e. The number of carbonyl (C=O) groups excluding carboxylic acids is 3. The molecule has 6 rings (SSSR count). The Kier molecular flexibility index (Phi) is 8.76. The van der Waals surface area contributed by atoms with Crippen LogP contribution in [0.4, 0.5) is 14.9 Å². The van der Waals surface area contributed by atoms with Gasteiger partial charge in [-0.2, -0.15) is 5.01 Å². The number of nitrogens with zero attached hydrogens (tertiary/aromatic N) is 4. The highest BCUT2D eigenvalue weighted by molar-refractivity contribution is 5.92. The summed E-state index contributed by atoms with van der Waals surface area (Å²) in [6, 6.07) is 23.5. The van der Waals surface area contributed by atoms with Crippen molar-refractivity contribution >= 4 is 34.3 Å². The Labute approximate surface area is 266 Å².